The van der Waals surface area contributed by atoms with Crippen molar-refractivity contribution in [3.05, 3.63) is 31.9 Å². The molecule has 0 radical (unpaired) electrons. The Morgan fingerprint density at radius 1 is 1.61 bits per heavy atom. The number of nitrogens with one attached hydrogen (secondary N) is 1. The minimum Gasteiger partial charge on any atom is -0.480 e. The molecule has 0 saturated carbocycles. The molecule has 18 heavy (non-hydrogen) atoms. The zero-order chi connectivity index (χ0) is 13.1. The molecular weight excluding hydrogens is 338 g/mol. The smallest absolute Gasteiger partial charge is 0.326 e. The van der Waals surface area contributed by atoms with Gasteiger partial charge in [-0.3, -0.25) is 4.79 Å². The van der Waals surface area contributed by atoms with Crippen molar-refractivity contribution in [2.75, 3.05) is 5.32 Å². The van der Waals surface area contributed by atoms with Crippen LogP contribution < -0.4 is 11.1 Å². The van der Waals surface area contributed by atoms with Crippen molar-refractivity contribution >= 4 is 49.7 Å². The van der Waals surface area contributed by atoms with E-state index in [0.717, 1.165) is 3.79 Å². The predicted molar refractivity (Wildman–Crippen MR) is 76.0 cm³/mol. The van der Waals surface area contributed by atoms with Crippen LogP contribution in [0.25, 0.3) is 0 Å². The topological polar surface area (TPSA) is 88.2 Å². The summed E-state index contributed by atoms with van der Waals surface area (Å²) >= 11 is 6.38. The Balaban J connectivity index is 1.96. The van der Waals surface area contributed by atoms with Gasteiger partial charge in [0.2, 0.25) is 0 Å². The van der Waals surface area contributed by atoms with Crippen LogP contribution >= 0.6 is 38.6 Å². The summed E-state index contributed by atoms with van der Waals surface area (Å²) in [5.74, 6) is -1.07. The van der Waals surface area contributed by atoms with Crippen LogP contribution in [0.4, 0.5) is 5.13 Å². The number of halogens is 1. The molecule has 0 aliphatic carbocycles. The standard InChI is InChI=1S/C10H10BrN3O2S2/c11-7-2-1-5(18-7)3-13-10-14-6(4-17-10)8(12)9(15)16/h1-2,4,8H,3,12H2,(H,13,14)(H,15,16). The molecule has 2 heterocycles. The van der Waals surface area contributed by atoms with Gasteiger partial charge in [0.05, 0.1) is 16.0 Å². The monoisotopic (exact) mass is 347 g/mol. The third kappa shape index (κ3) is 3.29. The first-order valence-corrected chi connectivity index (χ1v) is 7.47. The number of rotatable bonds is 5. The minimum atomic E-state index is -1.07. The van der Waals surface area contributed by atoms with Gasteiger partial charge in [0, 0.05) is 10.3 Å². The highest BCUT2D eigenvalue weighted by molar-refractivity contribution is 9.11. The molecule has 0 amide bonds. The minimum absolute atomic E-state index is 0.377. The SMILES string of the molecule is NC(C(=O)O)c1csc(NCc2ccc(Br)s2)n1. The first-order chi connectivity index (χ1) is 8.56. The second-order valence-corrected chi connectivity index (χ2v) is 6.86. The van der Waals surface area contributed by atoms with E-state index in [4.69, 9.17) is 10.8 Å². The van der Waals surface area contributed by atoms with Crippen molar-refractivity contribution in [1.29, 1.82) is 0 Å². The third-order valence-electron chi connectivity index (χ3n) is 2.15. The van der Waals surface area contributed by atoms with Crippen molar-refractivity contribution in [3.63, 3.8) is 0 Å². The van der Waals surface area contributed by atoms with E-state index in [1.54, 1.807) is 16.7 Å². The number of anilines is 1. The Bertz CT molecular complexity index is 555. The number of hydrogen-bond acceptors (Lipinski definition) is 6. The number of thiophene rings is 1. The van der Waals surface area contributed by atoms with Crippen LogP contribution in [0.2, 0.25) is 0 Å². The number of hydrogen-bond donors (Lipinski definition) is 3. The van der Waals surface area contributed by atoms with E-state index in [9.17, 15) is 4.79 Å². The summed E-state index contributed by atoms with van der Waals surface area (Å²) < 4.78 is 1.08. The molecule has 1 atom stereocenters. The summed E-state index contributed by atoms with van der Waals surface area (Å²) in [7, 11) is 0. The Morgan fingerprint density at radius 2 is 2.39 bits per heavy atom. The van der Waals surface area contributed by atoms with Gasteiger partial charge >= 0.3 is 5.97 Å². The fourth-order valence-corrected chi connectivity index (χ4v) is 3.41. The molecule has 96 valence electrons. The number of aliphatic carboxylic acids is 1. The average Bonchev–Trinajstić information content (AvgIpc) is 2.94. The van der Waals surface area contributed by atoms with Crippen molar-refractivity contribution in [2.45, 2.75) is 12.6 Å². The van der Waals surface area contributed by atoms with Crippen LogP contribution in [0.15, 0.2) is 21.3 Å². The summed E-state index contributed by atoms with van der Waals surface area (Å²) in [5.41, 5.74) is 5.85. The zero-order valence-corrected chi connectivity index (χ0v) is 12.3. The van der Waals surface area contributed by atoms with Gasteiger partial charge < -0.3 is 16.2 Å². The van der Waals surface area contributed by atoms with Gasteiger partial charge in [-0.1, -0.05) is 0 Å². The van der Waals surface area contributed by atoms with Crippen molar-refractivity contribution in [2.24, 2.45) is 5.73 Å². The van der Waals surface area contributed by atoms with Gasteiger partial charge in [0.15, 0.2) is 5.13 Å². The lowest BCUT2D eigenvalue weighted by Gasteiger charge is -2.01. The average molecular weight is 348 g/mol. The number of carboxylic acid groups (broad SMARTS) is 1. The first-order valence-electron chi connectivity index (χ1n) is 4.98. The van der Waals surface area contributed by atoms with Crippen molar-refractivity contribution in [3.8, 4) is 0 Å². The molecule has 2 aromatic heterocycles. The Kier molecular flexibility index (Phi) is 4.33. The number of nitrogens with zero attached hydrogens (tertiary/aromatic N) is 1. The van der Waals surface area contributed by atoms with Crippen molar-refractivity contribution < 1.29 is 9.90 Å². The Labute approximate surface area is 120 Å². The van der Waals surface area contributed by atoms with Crippen LogP contribution in [0.1, 0.15) is 16.6 Å². The highest BCUT2D eigenvalue weighted by atomic mass is 79.9. The van der Waals surface area contributed by atoms with E-state index < -0.39 is 12.0 Å². The van der Waals surface area contributed by atoms with E-state index in [0.29, 0.717) is 17.4 Å². The number of carbonyl (C=O) groups is 1. The lowest BCUT2D eigenvalue weighted by atomic mass is 10.2. The quantitative estimate of drug-likeness (QED) is 0.773. The zero-order valence-electron chi connectivity index (χ0n) is 9.09. The molecule has 5 nitrogen and oxygen atoms in total. The third-order valence-corrected chi connectivity index (χ3v) is 4.59. The van der Waals surface area contributed by atoms with Crippen LogP contribution in [0, 0.1) is 0 Å². The molecule has 0 aromatic carbocycles. The maximum atomic E-state index is 10.7. The molecule has 4 N–H and O–H groups in total. The molecule has 0 saturated heterocycles. The van der Waals surface area contributed by atoms with Gasteiger partial charge in [-0.15, -0.1) is 22.7 Å². The molecule has 0 aliphatic heterocycles. The number of nitrogens with two attached hydrogens (primary N) is 1. The van der Waals surface area contributed by atoms with Crippen LogP contribution in [-0.2, 0) is 11.3 Å². The van der Waals surface area contributed by atoms with E-state index in [-0.39, 0.29) is 0 Å². The molecule has 2 rings (SSSR count). The summed E-state index contributed by atoms with van der Waals surface area (Å²) in [6.07, 6.45) is 0. The molecule has 0 spiro atoms. The van der Waals surface area contributed by atoms with E-state index in [2.05, 4.69) is 26.2 Å². The highest BCUT2D eigenvalue weighted by Crippen LogP contribution is 2.24. The first kappa shape index (κ1) is 13.5. The maximum absolute atomic E-state index is 10.7. The fourth-order valence-electron chi connectivity index (χ4n) is 1.25. The normalized spacial score (nSPS) is 12.3. The number of thiazole rings is 1. The van der Waals surface area contributed by atoms with Crippen LogP contribution in [0.3, 0.4) is 0 Å². The number of carboxylic acids is 1. The molecule has 0 fully saturated rings. The van der Waals surface area contributed by atoms with Gasteiger partial charge in [-0.25, -0.2) is 4.98 Å². The predicted octanol–water partition coefficient (Wildman–Crippen LogP) is 2.66. The highest BCUT2D eigenvalue weighted by Gasteiger charge is 2.17. The lowest BCUT2D eigenvalue weighted by Crippen LogP contribution is -2.20. The van der Waals surface area contributed by atoms with Gasteiger partial charge in [-0.05, 0) is 28.1 Å². The second kappa shape index (κ2) is 5.79. The summed E-state index contributed by atoms with van der Waals surface area (Å²) in [6, 6.07) is 2.93. The summed E-state index contributed by atoms with van der Waals surface area (Å²) in [6.45, 7) is 0.658. The number of aromatic nitrogens is 1. The molecule has 8 heteroatoms. The second-order valence-electron chi connectivity index (χ2n) is 3.45. The largest absolute Gasteiger partial charge is 0.480 e. The van der Waals surface area contributed by atoms with Crippen LogP contribution in [-0.4, -0.2) is 16.1 Å². The summed E-state index contributed by atoms with van der Waals surface area (Å²) in [4.78, 5) is 16.0. The van der Waals surface area contributed by atoms with Crippen molar-refractivity contribution in [1.82, 2.24) is 4.98 Å². The maximum Gasteiger partial charge on any atom is 0.326 e. The Hall–Kier alpha value is -0.960. The Morgan fingerprint density at radius 3 is 3.00 bits per heavy atom. The summed E-state index contributed by atoms with van der Waals surface area (Å²) in [5, 5.41) is 14.2. The molecular formula is C10H10BrN3O2S2. The molecule has 1 unspecified atom stereocenters. The van der Waals surface area contributed by atoms with E-state index in [1.807, 2.05) is 12.1 Å². The van der Waals surface area contributed by atoms with E-state index >= 15 is 0 Å². The fraction of sp³-hybridized carbons (Fsp3) is 0.200. The van der Waals surface area contributed by atoms with E-state index in [1.165, 1.54) is 16.2 Å². The molecule has 2 aromatic rings. The lowest BCUT2D eigenvalue weighted by molar-refractivity contribution is -0.138. The molecule has 0 aliphatic rings. The molecule has 0 bridgehead atoms. The van der Waals surface area contributed by atoms with Crippen LogP contribution in [0.5, 0.6) is 0 Å². The van der Waals surface area contributed by atoms with Gasteiger partial charge in [0.1, 0.15) is 6.04 Å². The van der Waals surface area contributed by atoms with Gasteiger partial charge in [-0.2, -0.15) is 0 Å². The van der Waals surface area contributed by atoms with Gasteiger partial charge in [0.25, 0.3) is 0 Å².